The van der Waals surface area contributed by atoms with E-state index in [0.29, 0.717) is 17.9 Å². The fraction of sp³-hybridized carbons (Fsp3) is 0.333. The average Bonchev–Trinajstić information content (AvgIpc) is 2.80. The quantitative estimate of drug-likeness (QED) is 0.364. The summed E-state index contributed by atoms with van der Waals surface area (Å²) in [5, 5.41) is 10.2. The van der Waals surface area contributed by atoms with E-state index < -0.39 is 20.2 Å². The molecule has 2 aromatic rings. The number of carbonyl (C=O) groups is 2. The van der Waals surface area contributed by atoms with Gasteiger partial charge in [0.2, 0.25) is 0 Å². The summed E-state index contributed by atoms with van der Waals surface area (Å²) < 4.78 is 10.8. The highest BCUT2D eigenvalue weighted by molar-refractivity contribution is 6.83. The van der Waals surface area contributed by atoms with Crippen LogP contribution in [0.3, 0.4) is 0 Å². The summed E-state index contributed by atoms with van der Waals surface area (Å²) in [6.45, 7) is 7.87. The highest BCUT2D eigenvalue weighted by Crippen LogP contribution is 2.39. The normalized spacial score (nSPS) is 15.9. The van der Waals surface area contributed by atoms with Gasteiger partial charge in [-0.2, -0.15) is 0 Å². The number of anilines is 1. The lowest BCUT2D eigenvalue weighted by molar-refractivity contribution is -0.141. The number of aliphatic hydroxyl groups is 1. The molecule has 0 aliphatic carbocycles. The molecule has 1 heterocycles. The molecule has 1 aliphatic rings. The average molecular weight is 478 g/mol. The van der Waals surface area contributed by atoms with Crippen molar-refractivity contribution in [2.75, 3.05) is 18.1 Å². The molecule has 0 spiro atoms. The highest BCUT2D eigenvalue weighted by Gasteiger charge is 2.34. The number of aliphatic hydroxyl groups excluding tert-OH is 1. The fourth-order valence-electron chi connectivity index (χ4n) is 3.71. The zero-order valence-electron chi connectivity index (χ0n) is 20.1. The van der Waals surface area contributed by atoms with Gasteiger partial charge in [0.15, 0.2) is 0 Å². The van der Waals surface area contributed by atoms with Gasteiger partial charge in [-0.3, -0.25) is 9.69 Å². The van der Waals surface area contributed by atoms with Gasteiger partial charge >= 0.3 is 12.1 Å². The lowest BCUT2D eigenvalue weighted by Crippen LogP contribution is -2.43. The molecule has 2 aromatic carbocycles. The molecule has 34 heavy (non-hydrogen) atoms. The van der Waals surface area contributed by atoms with Crippen molar-refractivity contribution in [2.24, 2.45) is 5.92 Å². The van der Waals surface area contributed by atoms with Gasteiger partial charge in [-0.15, -0.1) is 5.54 Å². The van der Waals surface area contributed by atoms with Crippen LogP contribution in [0.15, 0.2) is 60.7 Å². The number of hydrogen-bond acceptors (Lipinski definition) is 5. The second-order valence-electron chi connectivity index (χ2n) is 9.16. The molecule has 0 saturated heterocycles. The van der Waals surface area contributed by atoms with Gasteiger partial charge in [0, 0.05) is 18.4 Å². The van der Waals surface area contributed by atoms with Crippen molar-refractivity contribution in [3.63, 3.8) is 0 Å². The van der Waals surface area contributed by atoms with E-state index in [0.717, 1.165) is 11.1 Å². The molecule has 1 aliphatic heterocycles. The summed E-state index contributed by atoms with van der Waals surface area (Å²) in [7, 11) is -1.74. The van der Waals surface area contributed by atoms with E-state index in [-0.39, 0.29) is 25.1 Å². The molecule has 0 fully saturated rings. The van der Waals surface area contributed by atoms with E-state index in [1.165, 1.54) is 6.92 Å². The molecule has 0 bridgehead atoms. The molecule has 7 heteroatoms. The van der Waals surface area contributed by atoms with E-state index in [1.54, 1.807) is 17.0 Å². The third-order valence-electron chi connectivity index (χ3n) is 5.26. The Labute approximate surface area is 202 Å². The van der Waals surface area contributed by atoms with E-state index in [9.17, 15) is 14.7 Å². The summed E-state index contributed by atoms with van der Waals surface area (Å²) in [6.07, 6.45) is 1.86. The Morgan fingerprint density at radius 2 is 1.76 bits per heavy atom. The molecule has 2 atom stereocenters. The summed E-state index contributed by atoms with van der Waals surface area (Å²) in [6, 6.07) is 15.9. The van der Waals surface area contributed by atoms with Gasteiger partial charge in [0.25, 0.3) is 0 Å². The van der Waals surface area contributed by atoms with Crippen molar-refractivity contribution in [3.05, 3.63) is 66.2 Å². The molecule has 0 aromatic heterocycles. The highest BCUT2D eigenvalue weighted by atomic mass is 28.3. The Balaban J connectivity index is 2.04. The minimum Gasteiger partial charge on any atom is -0.466 e. The molecule has 1 amide bonds. The summed E-state index contributed by atoms with van der Waals surface area (Å²) in [5.41, 5.74) is 5.74. The fourth-order valence-corrected chi connectivity index (χ4v) is 4.29. The molecule has 0 radical (unpaired) electrons. The van der Waals surface area contributed by atoms with Crippen molar-refractivity contribution in [3.8, 4) is 17.2 Å². The second-order valence-corrected chi connectivity index (χ2v) is 13.9. The van der Waals surface area contributed by atoms with Crippen LogP contribution in [0.2, 0.25) is 19.6 Å². The van der Waals surface area contributed by atoms with Gasteiger partial charge < -0.3 is 14.6 Å². The van der Waals surface area contributed by atoms with Crippen molar-refractivity contribution >= 4 is 31.4 Å². The Morgan fingerprint density at radius 1 is 1.09 bits per heavy atom. The number of nitrogens with zero attached hydrogens (tertiary/aromatic N) is 1. The zero-order valence-corrected chi connectivity index (χ0v) is 21.1. The summed E-state index contributed by atoms with van der Waals surface area (Å²) >= 11 is 0. The van der Waals surface area contributed by atoms with Crippen molar-refractivity contribution in [2.45, 2.75) is 39.0 Å². The lowest BCUT2D eigenvalue weighted by Gasteiger charge is -2.35. The van der Waals surface area contributed by atoms with E-state index >= 15 is 0 Å². The van der Waals surface area contributed by atoms with Crippen LogP contribution in [0.4, 0.5) is 10.5 Å². The van der Waals surface area contributed by atoms with Crippen LogP contribution in [0.25, 0.3) is 5.57 Å². The number of esters is 1. The Kier molecular flexibility index (Phi) is 8.32. The lowest BCUT2D eigenvalue weighted by atomic mass is 9.85. The maximum Gasteiger partial charge on any atom is 0.421 e. The largest absolute Gasteiger partial charge is 0.466 e. The minimum atomic E-state index is -1.74. The standard InChI is InChI=1S/C27H31NO5Si/c1-20(30)32-16-14-21(19-29)25-18-22(15-17-34(2,3)4)28(26-13-9-8-12-24(25)26)27(31)33-23-10-6-5-7-11-23/h5-13,18,21-22,29H,14,16,19H2,1-4H3/t21-,22+/m1/s1. The predicted molar refractivity (Wildman–Crippen MR) is 136 cm³/mol. The van der Waals surface area contributed by atoms with Crippen LogP contribution >= 0.6 is 0 Å². The van der Waals surface area contributed by atoms with E-state index in [1.807, 2.05) is 48.5 Å². The molecule has 0 saturated carbocycles. The number of hydrogen-bond donors (Lipinski definition) is 1. The number of rotatable bonds is 6. The number of amides is 1. The van der Waals surface area contributed by atoms with Crippen LogP contribution in [0.5, 0.6) is 5.75 Å². The smallest absolute Gasteiger partial charge is 0.421 e. The zero-order chi connectivity index (χ0) is 24.7. The SMILES string of the molecule is CC(=O)OCC[C@H](CO)C1=C[C@H](C#C[Si](C)(C)C)N(C(=O)Oc2ccccc2)c2ccccc21. The third-order valence-corrected chi connectivity index (χ3v) is 6.16. The predicted octanol–water partition coefficient (Wildman–Crippen LogP) is 4.90. The number of ether oxygens (including phenoxy) is 2. The molecular weight excluding hydrogens is 446 g/mol. The summed E-state index contributed by atoms with van der Waals surface area (Å²) in [5.74, 6) is 3.11. The topological polar surface area (TPSA) is 76.1 Å². The maximum absolute atomic E-state index is 13.4. The van der Waals surface area contributed by atoms with Gasteiger partial charge in [0.05, 0.1) is 18.9 Å². The first-order valence-corrected chi connectivity index (χ1v) is 14.8. The van der Waals surface area contributed by atoms with E-state index in [2.05, 4.69) is 31.1 Å². The maximum atomic E-state index is 13.4. The molecule has 6 nitrogen and oxygen atoms in total. The first-order chi connectivity index (χ1) is 16.2. The Bertz CT molecular complexity index is 1110. The van der Waals surface area contributed by atoms with Crippen LogP contribution in [0.1, 0.15) is 18.9 Å². The second kappa shape index (κ2) is 11.2. The number of carbonyl (C=O) groups excluding carboxylic acids is 2. The van der Waals surface area contributed by atoms with Gasteiger partial charge in [0.1, 0.15) is 19.9 Å². The first kappa shape index (κ1) is 25.3. The Hall–Kier alpha value is -3.34. The van der Waals surface area contributed by atoms with Gasteiger partial charge in [-0.05, 0) is 36.3 Å². The Morgan fingerprint density at radius 3 is 2.41 bits per heavy atom. The third kappa shape index (κ3) is 6.59. The first-order valence-electron chi connectivity index (χ1n) is 11.3. The molecule has 3 rings (SSSR count). The van der Waals surface area contributed by atoms with Crippen LogP contribution in [-0.4, -0.2) is 44.5 Å². The molecular formula is C27H31NO5Si. The van der Waals surface area contributed by atoms with Crippen LogP contribution in [-0.2, 0) is 9.53 Å². The van der Waals surface area contributed by atoms with Crippen LogP contribution in [0, 0.1) is 17.4 Å². The van der Waals surface area contributed by atoms with Gasteiger partial charge in [-0.1, -0.05) is 62.0 Å². The number of fused-ring (bicyclic) bond motifs is 1. The molecule has 1 N–H and O–H groups in total. The minimum absolute atomic E-state index is 0.121. The summed E-state index contributed by atoms with van der Waals surface area (Å²) in [4.78, 5) is 26.2. The number of para-hydroxylation sites is 2. The van der Waals surface area contributed by atoms with Crippen molar-refractivity contribution < 1.29 is 24.2 Å². The van der Waals surface area contributed by atoms with Crippen molar-refractivity contribution in [1.29, 1.82) is 0 Å². The number of benzene rings is 2. The van der Waals surface area contributed by atoms with Crippen LogP contribution < -0.4 is 9.64 Å². The van der Waals surface area contributed by atoms with Crippen molar-refractivity contribution in [1.82, 2.24) is 0 Å². The van der Waals surface area contributed by atoms with Gasteiger partial charge in [-0.25, -0.2) is 4.79 Å². The van der Waals surface area contributed by atoms with E-state index in [4.69, 9.17) is 9.47 Å². The molecule has 0 unspecified atom stereocenters. The molecule has 178 valence electrons. The monoisotopic (exact) mass is 477 g/mol.